The predicted molar refractivity (Wildman–Crippen MR) is 121 cm³/mol. The Morgan fingerprint density at radius 1 is 1.17 bits per heavy atom. The van der Waals surface area contributed by atoms with Crippen molar-refractivity contribution in [1.29, 1.82) is 0 Å². The predicted octanol–water partition coefficient (Wildman–Crippen LogP) is 4.53. The van der Waals surface area contributed by atoms with Gasteiger partial charge in [-0.1, -0.05) is 58.4 Å². The molecule has 2 atom stereocenters. The summed E-state index contributed by atoms with van der Waals surface area (Å²) in [5.41, 5.74) is 1.06. The molecule has 0 aliphatic carbocycles. The molecule has 1 fully saturated rings. The number of nitrogens with zero attached hydrogens (tertiary/aromatic N) is 2. The van der Waals surface area contributed by atoms with Crippen LogP contribution in [0, 0.1) is 0 Å². The van der Waals surface area contributed by atoms with Crippen LogP contribution in [0.4, 0.5) is 4.79 Å². The van der Waals surface area contributed by atoms with Crippen molar-refractivity contribution in [1.82, 2.24) is 9.21 Å². The van der Waals surface area contributed by atoms with Gasteiger partial charge in [-0.2, -0.15) is 0 Å². The van der Waals surface area contributed by atoms with E-state index in [2.05, 4.69) is 15.9 Å². The second-order valence-electron chi connectivity index (χ2n) is 7.73. The molecule has 162 valence electrons. The number of ether oxygens (including phenoxy) is 1. The summed E-state index contributed by atoms with van der Waals surface area (Å²) in [6.45, 7) is 2.77. The van der Waals surface area contributed by atoms with Gasteiger partial charge in [-0.05, 0) is 30.2 Å². The smallest absolute Gasteiger partial charge is 0.411 e. The number of halogens is 1. The van der Waals surface area contributed by atoms with E-state index < -0.39 is 15.6 Å². The zero-order valence-electron chi connectivity index (χ0n) is 17.4. The van der Waals surface area contributed by atoms with E-state index in [9.17, 15) is 13.2 Å². The van der Waals surface area contributed by atoms with E-state index >= 15 is 0 Å². The lowest BCUT2D eigenvalue weighted by Crippen LogP contribution is -2.49. The third kappa shape index (κ3) is 5.04. The summed E-state index contributed by atoms with van der Waals surface area (Å²) >= 11 is 3.43. The van der Waals surface area contributed by atoms with Crippen molar-refractivity contribution < 1.29 is 17.9 Å². The highest BCUT2D eigenvalue weighted by molar-refractivity contribution is 9.10. The molecule has 2 aromatic carbocycles. The van der Waals surface area contributed by atoms with E-state index in [4.69, 9.17) is 4.74 Å². The van der Waals surface area contributed by atoms with Crippen molar-refractivity contribution in [3.8, 4) is 0 Å². The first-order valence-electron chi connectivity index (χ1n) is 9.84. The minimum atomic E-state index is -3.31. The van der Waals surface area contributed by atoms with Crippen LogP contribution < -0.4 is 0 Å². The molecule has 3 rings (SSSR count). The van der Waals surface area contributed by atoms with Crippen LogP contribution in [0.5, 0.6) is 0 Å². The fourth-order valence-electron chi connectivity index (χ4n) is 3.71. The molecule has 2 aromatic rings. The maximum absolute atomic E-state index is 13.1. The van der Waals surface area contributed by atoms with Gasteiger partial charge in [-0.3, -0.25) is 0 Å². The monoisotopic (exact) mass is 494 g/mol. The van der Waals surface area contributed by atoms with Crippen LogP contribution in [0.1, 0.15) is 36.9 Å². The molecule has 1 aliphatic rings. The minimum absolute atomic E-state index is 0.127. The Morgan fingerprint density at radius 2 is 1.80 bits per heavy atom. The number of carbonyl (C=O) groups is 1. The number of benzene rings is 2. The standard InChI is InChI=1S/C22H27BrN2O4S/c1-17(18-9-11-20(23)12-10-18)25-16-14-22(29-21(25)26,19-7-5-4-6-8-19)13-15-24(2)30(3,27)28/h4-12,17H,13-16H2,1-3H3/t17-,22?/m0/s1. The van der Waals surface area contributed by atoms with Gasteiger partial charge in [0.1, 0.15) is 5.60 Å². The van der Waals surface area contributed by atoms with E-state index in [1.54, 1.807) is 11.9 Å². The SMILES string of the molecule is C[C@@H](c1ccc(Br)cc1)N1CCC(CCN(C)S(C)(=O)=O)(c2ccccc2)OC1=O. The molecule has 0 spiro atoms. The molecule has 0 bridgehead atoms. The normalized spacial score (nSPS) is 20.8. The molecule has 6 nitrogen and oxygen atoms in total. The maximum Gasteiger partial charge on any atom is 0.411 e. The maximum atomic E-state index is 13.1. The molecule has 1 unspecified atom stereocenters. The molecular weight excluding hydrogens is 468 g/mol. The second-order valence-corrected chi connectivity index (χ2v) is 10.7. The molecule has 8 heteroatoms. The Kier molecular flexibility index (Phi) is 6.89. The molecule has 0 saturated carbocycles. The van der Waals surface area contributed by atoms with Gasteiger partial charge in [0.2, 0.25) is 10.0 Å². The number of sulfonamides is 1. The fraction of sp³-hybridized carbons (Fsp3) is 0.409. The molecular formula is C22H27BrN2O4S. The van der Waals surface area contributed by atoms with Crippen LogP contribution in [-0.4, -0.2) is 50.1 Å². The number of hydrogen-bond acceptors (Lipinski definition) is 4. The lowest BCUT2D eigenvalue weighted by atomic mass is 9.85. The van der Waals surface area contributed by atoms with Gasteiger partial charge in [-0.25, -0.2) is 17.5 Å². The first-order chi connectivity index (χ1) is 14.1. The van der Waals surface area contributed by atoms with Crippen molar-refractivity contribution in [2.24, 2.45) is 0 Å². The highest BCUT2D eigenvalue weighted by atomic mass is 79.9. The van der Waals surface area contributed by atoms with Gasteiger partial charge in [0, 0.05) is 37.5 Å². The van der Waals surface area contributed by atoms with Crippen LogP contribution in [0.2, 0.25) is 0 Å². The molecule has 1 amide bonds. The van der Waals surface area contributed by atoms with Crippen LogP contribution >= 0.6 is 15.9 Å². The molecule has 0 aromatic heterocycles. The van der Waals surface area contributed by atoms with Gasteiger partial charge in [0.15, 0.2) is 0 Å². The second kappa shape index (κ2) is 9.08. The average Bonchev–Trinajstić information content (AvgIpc) is 2.72. The van der Waals surface area contributed by atoms with E-state index in [1.165, 1.54) is 10.6 Å². The summed E-state index contributed by atoms with van der Waals surface area (Å²) in [5.74, 6) is 0. The topological polar surface area (TPSA) is 66.9 Å². The van der Waals surface area contributed by atoms with E-state index in [-0.39, 0.29) is 18.7 Å². The molecule has 0 radical (unpaired) electrons. The van der Waals surface area contributed by atoms with Crippen LogP contribution in [0.25, 0.3) is 0 Å². The Labute approximate surface area is 187 Å². The first kappa shape index (κ1) is 22.8. The Morgan fingerprint density at radius 3 is 2.37 bits per heavy atom. The molecule has 0 N–H and O–H groups in total. The van der Waals surface area contributed by atoms with Gasteiger partial charge < -0.3 is 9.64 Å². The zero-order chi connectivity index (χ0) is 21.9. The van der Waals surface area contributed by atoms with Gasteiger partial charge in [0.05, 0.1) is 12.3 Å². The molecule has 30 heavy (non-hydrogen) atoms. The summed E-state index contributed by atoms with van der Waals surface area (Å²) in [4.78, 5) is 14.8. The van der Waals surface area contributed by atoms with Gasteiger partial charge in [0.25, 0.3) is 0 Å². The minimum Gasteiger partial charge on any atom is -0.438 e. The van der Waals surface area contributed by atoms with Crippen LogP contribution in [0.15, 0.2) is 59.1 Å². The lowest BCUT2D eigenvalue weighted by molar-refractivity contribution is -0.0666. The largest absolute Gasteiger partial charge is 0.438 e. The zero-order valence-corrected chi connectivity index (χ0v) is 19.8. The summed E-state index contributed by atoms with van der Waals surface area (Å²) < 4.78 is 32.0. The number of rotatable bonds is 7. The Balaban J connectivity index is 1.82. The number of amides is 1. The van der Waals surface area contributed by atoms with Crippen molar-refractivity contribution in [2.75, 3.05) is 26.4 Å². The Bertz CT molecular complexity index is 982. The first-order valence-corrected chi connectivity index (χ1v) is 12.5. The summed E-state index contributed by atoms with van der Waals surface area (Å²) in [6, 6.07) is 17.3. The fourth-order valence-corrected chi connectivity index (χ4v) is 4.40. The summed E-state index contributed by atoms with van der Waals surface area (Å²) in [6.07, 6.45) is 1.77. The number of cyclic esters (lactones) is 1. The van der Waals surface area contributed by atoms with Crippen molar-refractivity contribution in [3.63, 3.8) is 0 Å². The van der Waals surface area contributed by atoms with Crippen LogP contribution in [-0.2, 0) is 20.4 Å². The highest BCUT2D eigenvalue weighted by Crippen LogP contribution is 2.39. The molecule has 1 saturated heterocycles. The quantitative estimate of drug-likeness (QED) is 0.566. The summed E-state index contributed by atoms with van der Waals surface area (Å²) in [7, 11) is -1.77. The highest BCUT2D eigenvalue weighted by Gasteiger charge is 2.43. The average molecular weight is 495 g/mol. The number of carbonyl (C=O) groups excluding carboxylic acids is 1. The lowest BCUT2D eigenvalue weighted by Gasteiger charge is -2.44. The third-order valence-corrected chi connectivity index (χ3v) is 7.63. The summed E-state index contributed by atoms with van der Waals surface area (Å²) in [5, 5.41) is 0. The molecule has 1 aliphatic heterocycles. The van der Waals surface area contributed by atoms with Gasteiger partial charge in [-0.15, -0.1) is 0 Å². The van der Waals surface area contributed by atoms with E-state index in [0.29, 0.717) is 19.4 Å². The van der Waals surface area contributed by atoms with Crippen molar-refractivity contribution in [3.05, 3.63) is 70.2 Å². The number of hydrogen-bond donors (Lipinski definition) is 0. The van der Waals surface area contributed by atoms with E-state index in [0.717, 1.165) is 15.6 Å². The van der Waals surface area contributed by atoms with Crippen LogP contribution in [0.3, 0.4) is 0 Å². The third-order valence-electron chi connectivity index (χ3n) is 5.79. The van der Waals surface area contributed by atoms with Gasteiger partial charge >= 0.3 is 6.09 Å². The van der Waals surface area contributed by atoms with Crippen molar-refractivity contribution >= 4 is 32.0 Å². The Hall–Kier alpha value is -1.90. The van der Waals surface area contributed by atoms with Crippen molar-refractivity contribution in [2.45, 2.75) is 31.4 Å². The molecule has 1 heterocycles. The van der Waals surface area contributed by atoms with E-state index in [1.807, 2.05) is 61.5 Å².